The number of hydrogen-bond acceptors (Lipinski definition) is 4. The second-order valence-electron chi connectivity index (χ2n) is 5.37. The lowest BCUT2D eigenvalue weighted by atomic mass is 10.2. The molecule has 0 aromatic heterocycles. The summed E-state index contributed by atoms with van der Waals surface area (Å²) in [6.45, 7) is 3.80. The van der Waals surface area contributed by atoms with Crippen molar-refractivity contribution in [1.29, 1.82) is 5.26 Å². The molecule has 1 N–H and O–H groups in total. The van der Waals surface area contributed by atoms with Crippen molar-refractivity contribution in [3.05, 3.63) is 0 Å². The van der Waals surface area contributed by atoms with Crippen LogP contribution in [0.3, 0.4) is 0 Å². The Kier molecular flexibility index (Phi) is 4.20. The summed E-state index contributed by atoms with van der Waals surface area (Å²) in [5.41, 5.74) is -0.657. The normalized spacial score (nSPS) is 22.1. The molecule has 2 rings (SSSR count). The summed E-state index contributed by atoms with van der Waals surface area (Å²) in [7, 11) is -3.40. The van der Waals surface area contributed by atoms with Gasteiger partial charge in [-0.25, -0.2) is 13.2 Å². The fourth-order valence-corrected chi connectivity index (χ4v) is 4.27. The molecule has 0 aromatic carbocycles. The molecule has 2 fully saturated rings. The number of hydrogen-bond donors (Lipinski definition) is 1. The zero-order chi connectivity index (χ0) is 14.8. The van der Waals surface area contributed by atoms with Crippen LogP contribution in [-0.4, -0.2) is 62.1 Å². The van der Waals surface area contributed by atoms with Crippen molar-refractivity contribution < 1.29 is 13.2 Å². The Labute approximate surface area is 119 Å². The van der Waals surface area contributed by atoms with Gasteiger partial charge in [0.25, 0.3) is 0 Å². The molecule has 0 bridgehead atoms. The fraction of sp³-hybridized carbons (Fsp3) is 0.833. The van der Waals surface area contributed by atoms with E-state index in [0.717, 1.165) is 0 Å². The first kappa shape index (κ1) is 15.1. The van der Waals surface area contributed by atoms with E-state index in [4.69, 9.17) is 5.26 Å². The number of piperazine rings is 1. The lowest BCUT2D eigenvalue weighted by Crippen LogP contribution is -2.53. The Morgan fingerprint density at radius 2 is 1.90 bits per heavy atom. The SMILES string of the molecule is CCNC(=O)N1CCN(S(=O)(=O)CC2(C#N)CC2)CC1. The number of nitrogens with one attached hydrogen (secondary N) is 1. The minimum Gasteiger partial charge on any atom is -0.338 e. The molecule has 1 aliphatic carbocycles. The molecule has 0 atom stereocenters. The molecule has 8 heteroatoms. The molecule has 20 heavy (non-hydrogen) atoms. The van der Waals surface area contributed by atoms with Crippen molar-refractivity contribution in [1.82, 2.24) is 14.5 Å². The molecular weight excluding hydrogens is 280 g/mol. The molecule has 112 valence electrons. The zero-order valence-electron chi connectivity index (χ0n) is 11.6. The van der Waals surface area contributed by atoms with Gasteiger partial charge in [0.1, 0.15) is 0 Å². The van der Waals surface area contributed by atoms with E-state index < -0.39 is 15.4 Å². The van der Waals surface area contributed by atoms with Crippen LogP contribution in [0.15, 0.2) is 0 Å². The van der Waals surface area contributed by atoms with Gasteiger partial charge in [-0.3, -0.25) is 0 Å². The standard InChI is InChI=1S/C12H20N4O3S/c1-2-14-11(17)15-5-7-16(8-6-15)20(18,19)10-12(9-13)3-4-12/h2-8,10H2,1H3,(H,14,17). The Bertz CT molecular complexity index is 513. The third-order valence-corrected chi connectivity index (χ3v) is 5.87. The average Bonchev–Trinajstić information content (AvgIpc) is 3.19. The molecule has 0 spiro atoms. The number of carbonyl (C=O) groups is 1. The van der Waals surface area contributed by atoms with Crippen LogP contribution >= 0.6 is 0 Å². The smallest absolute Gasteiger partial charge is 0.317 e. The van der Waals surface area contributed by atoms with Gasteiger partial charge >= 0.3 is 6.03 Å². The van der Waals surface area contributed by atoms with Crippen LogP contribution in [0.25, 0.3) is 0 Å². The molecule has 0 radical (unpaired) electrons. The molecule has 2 amide bonds. The summed E-state index contributed by atoms with van der Waals surface area (Å²) < 4.78 is 25.9. The van der Waals surface area contributed by atoms with Crippen LogP contribution in [0.4, 0.5) is 4.79 Å². The van der Waals surface area contributed by atoms with Gasteiger partial charge in [-0.05, 0) is 19.8 Å². The zero-order valence-corrected chi connectivity index (χ0v) is 12.4. The van der Waals surface area contributed by atoms with Crippen LogP contribution in [0.5, 0.6) is 0 Å². The topological polar surface area (TPSA) is 93.5 Å². The molecule has 2 aliphatic rings. The van der Waals surface area contributed by atoms with E-state index in [1.165, 1.54) is 4.31 Å². The highest BCUT2D eigenvalue weighted by Crippen LogP contribution is 2.46. The van der Waals surface area contributed by atoms with E-state index in [-0.39, 0.29) is 11.8 Å². The Morgan fingerprint density at radius 1 is 1.30 bits per heavy atom. The fourth-order valence-electron chi connectivity index (χ4n) is 2.31. The van der Waals surface area contributed by atoms with E-state index in [0.29, 0.717) is 45.6 Å². The van der Waals surface area contributed by atoms with Gasteiger partial charge in [0.15, 0.2) is 0 Å². The highest BCUT2D eigenvalue weighted by Gasteiger charge is 2.48. The maximum atomic E-state index is 12.3. The molecule has 1 heterocycles. The van der Waals surface area contributed by atoms with E-state index >= 15 is 0 Å². The number of urea groups is 1. The highest BCUT2D eigenvalue weighted by molar-refractivity contribution is 7.89. The lowest BCUT2D eigenvalue weighted by Gasteiger charge is -2.34. The summed E-state index contributed by atoms with van der Waals surface area (Å²) in [5.74, 6) is -0.0857. The third kappa shape index (κ3) is 3.22. The highest BCUT2D eigenvalue weighted by atomic mass is 32.2. The predicted molar refractivity (Wildman–Crippen MR) is 73.3 cm³/mol. The summed E-state index contributed by atoms with van der Waals surface area (Å²) in [4.78, 5) is 13.3. The van der Waals surface area contributed by atoms with Crippen LogP contribution in [0.1, 0.15) is 19.8 Å². The molecule has 0 aromatic rings. The third-order valence-electron chi connectivity index (χ3n) is 3.80. The maximum absolute atomic E-state index is 12.3. The first-order chi connectivity index (χ1) is 9.42. The Morgan fingerprint density at radius 3 is 2.35 bits per heavy atom. The van der Waals surface area contributed by atoms with Gasteiger partial charge < -0.3 is 10.2 Å². The van der Waals surface area contributed by atoms with Crippen molar-refractivity contribution in [2.45, 2.75) is 19.8 Å². The predicted octanol–water partition coefficient (Wildman–Crippen LogP) is -0.0329. The largest absolute Gasteiger partial charge is 0.338 e. The minimum atomic E-state index is -3.40. The molecule has 0 unspecified atom stereocenters. The Hall–Kier alpha value is -1.33. The van der Waals surface area contributed by atoms with Crippen LogP contribution < -0.4 is 5.32 Å². The summed E-state index contributed by atoms with van der Waals surface area (Å²) in [6.07, 6.45) is 1.34. The van der Waals surface area contributed by atoms with Crippen LogP contribution in [0, 0.1) is 16.7 Å². The molecular formula is C12H20N4O3S. The molecule has 1 saturated heterocycles. The van der Waals surface area contributed by atoms with Gasteiger partial charge in [-0.1, -0.05) is 0 Å². The van der Waals surface area contributed by atoms with Crippen molar-refractivity contribution in [3.8, 4) is 6.07 Å². The second-order valence-corrected chi connectivity index (χ2v) is 7.34. The van der Waals surface area contributed by atoms with Crippen molar-refractivity contribution in [2.75, 3.05) is 38.5 Å². The number of rotatable bonds is 4. The van der Waals surface area contributed by atoms with Crippen molar-refractivity contribution >= 4 is 16.1 Å². The van der Waals surface area contributed by atoms with Gasteiger partial charge in [0.05, 0.1) is 17.2 Å². The number of nitrogens with zero attached hydrogens (tertiary/aromatic N) is 3. The second kappa shape index (κ2) is 5.58. The molecule has 1 aliphatic heterocycles. The molecule has 1 saturated carbocycles. The first-order valence-electron chi connectivity index (χ1n) is 6.84. The monoisotopic (exact) mass is 300 g/mol. The van der Waals surface area contributed by atoms with Gasteiger partial charge in [-0.2, -0.15) is 9.57 Å². The van der Waals surface area contributed by atoms with Gasteiger partial charge in [0, 0.05) is 32.7 Å². The quantitative estimate of drug-likeness (QED) is 0.788. The first-order valence-corrected chi connectivity index (χ1v) is 8.45. The van der Waals surface area contributed by atoms with Crippen LogP contribution in [-0.2, 0) is 10.0 Å². The van der Waals surface area contributed by atoms with Crippen molar-refractivity contribution in [2.24, 2.45) is 5.41 Å². The van der Waals surface area contributed by atoms with Gasteiger partial charge in [0.2, 0.25) is 10.0 Å². The lowest BCUT2D eigenvalue weighted by molar-refractivity contribution is 0.172. The minimum absolute atomic E-state index is 0.0857. The summed E-state index contributed by atoms with van der Waals surface area (Å²) in [5, 5.41) is 11.7. The summed E-state index contributed by atoms with van der Waals surface area (Å²) >= 11 is 0. The summed E-state index contributed by atoms with van der Waals surface area (Å²) in [6, 6.07) is 1.96. The number of sulfonamides is 1. The average molecular weight is 300 g/mol. The molecule has 7 nitrogen and oxygen atoms in total. The van der Waals surface area contributed by atoms with Crippen molar-refractivity contribution in [3.63, 3.8) is 0 Å². The number of amides is 2. The maximum Gasteiger partial charge on any atom is 0.317 e. The van der Waals surface area contributed by atoms with E-state index in [1.807, 2.05) is 6.92 Å². The Balaban J connectivity index is 1.90. The number of nitriles is 1. The van der Waals surface area contributed by atoms with Gasteiger partial charge in [-0.15, -0.1) is 0 Å². The van der Waals surface area contributed by atoms with E-state index in [9.17, 15) is 13.2 Å². The number of carbonyl (C=O) groups excluding carboxylic acids is 1. The van der Waals surface area contributed by atoms with E-state index in [1.54, 1.807) is 4.90 Å². The van der Waals surface area contributed by atoms with Crippen LogP contribution in [0.2, 0.25) is 0 Å². The van der Waals surface area contributed by atoms with E-state index in [2.05, 4.69) is 11.4 Å².